The molecule has 0 unspecified atom stereocenters. The molecule has 0 aliphatic carbocycles. The standard InChI is InChI=1S/C49H32N2O/c1-2-12-39(13-3-1)51(41-29-24-36(25-30-41)46-32-38-11-5-6-14-42(38)44-16-8-9-17-45(44)46)40-27-22-34(23-28-40)33-18-20-37(21-19-33)49-50-48-43-15-7-4-10-35(43)26-31-47(48)52-49/h1-32H. The highest BCUT2D eigenvalue weighted by atomic mass is 16.3. The van der Waals surface area contributed by atoms with Gasteiger partial charge >= 0.3 is 0 Å². The van der Waals surface area contributed by atoms with Crippen LogP contribution in [0, 0.1) is 0 Å². The molecule has 0 bridgehead atoms. The number of nitrogens with zero attached hydrogens (tertiary/aromatic N) is 2. The first-order valence-corrected chi connectivity index (χ1v) is 17.6. The summed E-state index contributed by atoms with van der Waals surface area (Å²) < 4.78 is 6.19. The lowest BCUT2D eigenvalue weighted by molar-refractivity contribution is 0.620. The van der Waals surface area contributed by atoms with Crippen LogP contribution < -0.4 is 4.90 Å². The van der Waals surface area contributed by atoms with E-state index in [0.717, 1.165) is 55.6 Å². The highest BCUT2D eigenvalue weighted by Gasteiger charge is 2.15. The number of hydrogen-bond acceptors (Lipinski definition) is 3. The molecule has 0 saturated heterocycles. The Labute approximate surface area is 301 Å². The molecule has 0 spiro atoms. The average molecular weight is 665 g/mol. The van der Waals surface area contributed by atoms with Gasteiger partial charge in [0, 0.05) is 28.0 Å². The van der Waals surface area contributed by atoms with Crippen molar-refractivity contribution < 1.29 is 4.42 Å². The number of para-hydroxylation sites is 1. The summed E-state index contributed by atoms with van der Waals surface area (Å²) in [4.78, 5) is 7.19. The average Bonchev–Trinajstić information content (AvgIpc) is 3.67. The number of benzene rings is 9. The van der Waals surface area contributed by atoms with E-state index in [0.29, 0.717) is 5.89 Å². The Bertz CT molecular complexity index is 2870. The molecular weight excluding hydrogens is 633 g/mol. The smallest absolute Gasteiger partial charge is 0.227 e. The van der Waals surface area contributed by atoms with Gasteiger partial charge in [0.2, 0.25) is 5.89 Å². The van der Waals surface area contributed by atoms with Crippen LogP contribution in [0.1, 0.15) is 0 Å². The highest BCUT2D eigenvalue weighted by molar-refractivity contribution is 6.13. The van der Waals surface area contributed by atoms with Crippen molar-refractivity contribution in [3.8, 4) is 33.7 Å². The molecule has 1 aromatic heterocycles. The van der Waals surface area contributed by atoms with E-state index in [2.05, 4.69) is 181 Å². The van der Waals surface area contributed by atoms with E-state index in [1.807, 2.05) is 18.2 Å². The van der Waals surface area contributed by atoms with E-state index >= 15 is 0 Å². The minimum Gasteiger partial charge on any atom is -0.436 e. The summed E-state index contributed by atoms with van der Waals surface area (Å²) in [6.45, 7) is 0. The van der Waals surface area contributed by atoms with E-state index in [1.54, 1.807) is 0 Å². The van der Waals surface area contributed by atoms with Crippen LogP contribution in [0.15, 0.2) is 199 Å². The fourth-order valence-corrected chi connectivity index (χ4v) is 7.50. The molecule has 52 heavy (non-hydrogen) atoms. The minimum absolute atomic E-state index is 0.631. The first-order valence-electron chi connectivity index (χ1n) is 17.6. The Morgan fingerprint density at radius 1 is 0.365 bits per heavy atom. The van der Waals surface area contributed by atoms with Crippen LogP contribution in [0.5, 0.6) is 0 Å². The molecule has 0 saturated carbocycles. The van der Waals surface area contributed by atoms with E-state index < -0.39 is 0 Å². The van der Waals surface area contributed by atoms with Crippen LogP contribution >= 0.6 is 0 Å². The number of hydrogen-bond donors (Lipinski definition) is 0. The minimum atomic E-state index is 0.631. The van der Waals surface area contributed by atoms with Crippen molar-refractivity contribution in [1.29, 1.82) is 0 Å². The lowest BCUT2D eigenvalue weighted by Gasteiger charge is -2.26. The van der Waals surface area contributed by atoms with Crippen molar-refractivity contribution in [2.45, 2.75) is 0 Å². The molecular formula is C49H32N2O. The molecule has 0 atom stereocenters. The van der Waals surface area contributed by atoms with Crippen LogP contribution in [0.25, 0.3) is 77.1 Å². The van der Waals surface area contributed by atoms with Crippen molar-refractivity contribution in [3.05, 3.63) is 194 Å². The van der Waals surface area contributed by atoms with Crippen molar-refractivity contribution in [2.75, 3.05) is 4.90 Å². The summed E-state index contributed by atoms with van der Waals surface area (Å²) in [6.07, 6.45) is 0. The maximum Gasteiger partial charge on any atom is 0.227 e. The van der Waals surface area contributed by atoms with Gasteiger partial charge in [-0.2, -0.15) is 0 Å². The van der Waals surface area contributed by atoms with Gasteiger partial charge < -0.3 is 9.32 Å². The zero-order chi connectivity index (χ0) is 34.4. The molecule has 0 fully saturated rings. The molecule has 1 heterocycles. The van der Waals surface area contributed by atoms with Crippen LogP contribution in [0.2, 0.25) is 0 Å². The van der Waals surface area contributed by atoms with Crippen LogP contribution in [-0.2, 0) is 0 Å². The lowest BCUT2D eigenvalue weighted by Crippen LogP contribution is -2.09. The largest absolute Gasteiger partial charge is 0.436 e. The highest BCUT2D eigenvalue weighted by Crippen LogP contribution is 2.39. The molecule has 10 aromatic rings. The van der Waals surface area contributed by atoms with Crippen LogP contribution in [-0.4, -0.2) is 4.98 Å². The molecule has 0 N–H and O–H groups in total. The van der Waals surface area contributed by atoms with E-state index in [-0.39, 0.29) is 0 Å². The second kappa shape index (κ2) is 12.4. The number of oxazole rings is 1. The van der Waals surface area contributed by atoms with Crippen molar-refractivity contribution in [1.82, 2.24) is 4.98 Å². The quantitative estimate of drug-likeness (QED) is 0.166. The summed E-state index contributed by atoms with van der Waals surface area (Å²) >= 11 is 0. The van der Waals surface area contributed by atoms with Gasteiger partial charge in [-0.3, -0.25) is 0 Å². The molecule has 3 nitrogen and oxygen atoms in total. The van der Waals surface area contributed by atoms with Crippen LogP contribution in [0.3, 0.4) is 0 Å². The first-order chi connectivity index (χ1) is 25.8. The molecule has 0 amide bonds. The van der Waals surface area contributed by atoms with Gasteiger partial charge in [-0.25, -0.2) is 4.98 Å². The molecule has 0 aliphatic rings. The molecule has 3 heteroatoms. The third-order valence-corrected chi connectivity index (χ3v) is 10.1. The van der Waals surface area contributed by atoms with E-state index in [4.69, 9.17) is 9.40 Å². The van der Waals surface area contributed by atoms with Crippen molar-refractivity contribution in [2.24, 2.45) is 0 Å². The second-order valence-electron chi connectivity index (χ2n) is 13.2. The van der Waals surface area contributed by atoms with E-state index in [9.17, 15) is 0 Å². The number of fused-ring (bicyclic) bond motifs is 6. The molecule has 0 radical (unpaired) electrons. The topological polar surface area (TPSA) is 29.3 Å². The van der Waals surface area contributed by atoms with Gasteiger partial charge in [0.1, 0.15) is 5.52 Å². The van der Waals surface area contributed by atoms with Gasteiger partial charge in [0.15, 0.2) is 5.58 Å². The monoisotopic (exact) mass is 664 g/mol. The van der Waals surface area contributed by atoms with Crippen molar-refractivity contribution in [3.63, 3.8) is 0 Å². The Morgan fingerprint density at radius 3 is 1.60 bits per heavy atom. The molecule has 244 valence electrons. The fourth-order valence-electron chi connectivity index (χ4n) is 7.50. The van der Waals surface area contributed by atoms with Gasteiger partial charge in [-0.15, -0.1) is 0 Å². The normalized spacial score (nSPS) is 11.5. The predicted molar refractivity (Wildman–Crippen MR) is 218 cm³/mol. The molecule has 9 aromatic carbocycles. The van der Waals surface area contributed by atoms with Gasteiger partial charge in [0.05, 0.1) is 0 Å². The Kier molecular flexibility index (Phi) is 7.14. The summed E-state index contributed by atoms with van der Waals surface area (Å²) in [6, 6.07) is 68.8. The van der Waals surface area contributed by atoms with Gasteiger partial charge in [0.25, 0.3) is 0 Å². The molecule has 10 rings (SSSR count). The zero-order valence-corrected chi connectivity index (χ0v) is 28.3. The maximum atomic E-state index is 6.19. The molecule has 0 aliphatic heterocycles. The van der Waals surface area contributed by atoms with E-state index in [1.165, 1.54) is 32.7 Å². The summed E-state index contributed by atoms with van der Waals surface area (Å²) in [5.74, 6) is 0.631. The number of aromatic nitrogens is 1. The summed E-state index contributed by atoms with van der Waals surface area (Å²) in [5, 5.41) is 7.34. The Hall–Kier alpha value is -6.97. The van der Waals surface area contributed by atoms with Gasteiger partial charge in [-0.05, 0) is 110 Å². The second-order valence-corrected chi connectivity index (χ2v) is 13.2. The third kappa shape index (κ3) is 5.19. The summed E-state index contributed by atoms with van der Waals surface area (Å²) in [5.41, 5.74) is 10.7. The predicted octanol–water partition coefficient (Wildman–Crippen LogP) is 13.8. The zero-order valence-electron chi connectivity index (χ0n) is 28.3. The first kappa shape index (κ1) is 29.9. The fraction of sp³-hybridized carbons (Fsp3) is 0. The third-order valence-electron chi connectivity index (χ3n) is 10.1. The lowest BCUT2D eigenvalue weighted by atomic mass is 9.93. The number of anilines is 3. The Morgan fingerprint density at radius 2 is 0.885 bits per heavy atom. The summed E-state index contributed by atoms with van der Waals surface area (Å²) in [7, 11) is 0. The SMILES string of the molecule is c1ccc(N(c2ccc(-c3ccc(-c4nc5c(ccc6ccccc65)o4)cc3)cc2)c2ccc(-c3cc4ccccc4c4ccccc34)cc2)cc1. The van der Waals surface area contributed by atoms with Crippen molar-refractivity contribution >= 4 is 60.5 Å². The Balaban J connectivity index is 0.963. The van der Waals surface area contributed by atoms with Gasteiger partial charge in [-0.1, -0.05) is 133 Å². The maximum absolute atomic E-state index is 6.19. The number of rotatable bonds is 6. The van der Waals surface area contributed by atoms with Crippen LogP contribution in [0.4, 0.5) is 17.1 Å².